The summed E-state index contributed by atoms with van der Waals surface area (Å²) in [6.07, 6.45) is 7.95. The van der Waals surface area contributed by atoms with Gasteiger partial charge in [0.05, 0.1) is 24.9 Å². The molecule has 2 fully saturated rings. The lowest BCUT2D eigenvalue weighted by atomic mass is 9.81. The zero-order valence-corrected chi connectivity index (χ0v) is 17.0. The number of nitrogens with zero attached hydrogens (tertiary/aromatic N) is 5. The van der Waals surface area contributed by atoms with Gasteiger partial charge >= 0.3 is 0 Å². The van der Waals surface area contributed by atoms with Gasteiger partial charge in [-0.1, -0.05) is 31.9 Å². The van der Waals surface area contributed by atoms with Crippen molar-refractivity contribution < 1.29 is 4.74 Å². The first-order valence-corrected chi connectivity index (χ1v) is 10.8. The topological polar surface area (TPSA) is 79.8 Å². The molecular formula is C22H28N6O. The lowest BCUT2D eigenvalue weighted by molar-refractivity contribution is 0.122. The number of fused-ring (bicyclic) bond motifs is 1. The van der Waals surface area contributed by atoms with Crippen molar-refractivity contribution in [3.63, 3.8) is 0 Å². The predicted molar refractivity (Wildman–Crippen MR) is 113 cm³/mol. The Hall–Kier alpha value is -2.54. The Bertz CT molecular complexity index is 972. The summed E-state index contributed by atoms with van der Waals surface area (Å²) in [5, 5.41) is 8.29. The summed E-state index contributed by atoms with van der Waals surface area (Å²) in [6, 6.07) is 6.12. The van der Waals surface area contributed by atoms with Crippen LogP contribution in [0.3, 0.4) is 0 Å². The summed E-state index contributed by atoms with van der Waals surface area (Å²) in [4.78, 5) is 16.9. The van der Waals surface area contributed by atoms with Gasteiger partial charge in [0.2, 0.25) is 5.95 Å². The third-order valence-electron chi connectivity index (χ3n) is 6.30. The monoisotopic (exact) mass is 392 g/mol. The zero-order valence-electron chi connectivity index (χ0n) is 17.0. The molecule has 1 N–H and O–H groups in total. The van der Waals surface area contributed by atoms with Gasteiger partial charge in [0.15, 0.2) is 5.82 Å². The fourth-order valence-electron chi connectivity index (χ4n) is 4.48. The minimum absolute atomic E-state index is 0.670. The molecule has 152 valence electrons. The Morgan fingerprint density at radius 2 is 1.90 bits per heavy atom. The fourth-order valence-corrected chi connectivity index (χ4v) is 4.48. The molecule has 1 aromatic carbocycles. The molecule has 2 aliphatic rings. The molecule has 2 aromatic heterocycles. The largest absolute Gasteiger partial charge is 0.378 e. The molecule has 0 atom stereocenters. The van der Waals surface area contributed by atoms with E-state index in [2.05, 4.69) is 28.1 Å². The van der Waals surface area contributed by atoms with E-state index >= 15 is 0 Å². The number of ether oxygens (including phenoxy) is 1. The Kier molecular flexibility index (Phi) is 5.14. The van der Waals surface area contributed by atoms with Gasteiger partial charge in [-0.15, -0.1) is 0 Å². The summed E-state index contributed by atoms with van der Waals surface area (Å²) in [5.74, 6) is 3.95. The second-order valence-corrected chi connectivity index (χ2v) is 8.44. The lowest BCUT2D eigenvalue weighted by Gasteiger charge is -2.28. The molecule has 0 amide bonds. The standard InChI is InChI=1S/C22H28N6O/c1-15-5-7-16(8-6-15)13-20-24-21(17-3-2-4-19-18(17)14-23-27-19)26-22(25-20)28-9-11-29-12-10-28/h2-4,14-16H,5-13H2,1H3,(H,23,27). The van der Waals surface area contributed by atoms with E-state index in [0.717, 1.165) is 59.5 Å². The number of rotatable bonds is 4. The average molecular weight is 393 g/mol. The Balaban J connectivity index is 1.52. The van der Waals surface area contributed by atoms with Gasteiger partial charge in [-0.05, 0) is 30.7 Å². The number of benzene rings is 1. The highest BCUT2D eigenvalue weighted by Crippen LogP contribution is 2.31. The predicted octanol–water partition coefficient (Wildman–Crippen LogP) is 3.62. The zero-order chi connectivity index (χ0) is 19.6. The Morgan fingerprint density at radius 1 is 1.07 bits per heavy atom. The molecule has 0 radical (unpaired) electrons. The van der Waals surface area contributed by atoms with Crippen LogP contribution in [0.15, 0.2) is 24.4 Å². The number of hydrogen-bond donors (Lipinski definition) is 1. The maximum Gasteiger partial charge on any atom is 0.229 e. The SMILES string of the molecule is CC1CCC(Cc2nc(-c3cccc4[nH]ncc34)nc(N3CCOCC3)n2)CC1. The van der Waals surface area contributed by atoms with Crippen molar-refractivity contribution in [1.29, 1.82) is 0 Å². The molecule has 5 rings (SSSR count). The Morgan fingerprint density at radius 3 is 2.72 bits per heavy atom. The van der Waals surface area contributed by atoms with Gasteiger partial charge in [0.25, 0.3) is 0 Å². The van der Waals surface area contributed by atoms with Crippen molar-refractivity contribution in [1.82, 2.24) is 25.1 Å². The first kappa shape index (κ1) is 18.5. The lowest BCUT2D eigenvalue weighted by Crippen LogP contribution is -2.37. The van der Waals surface area contributed by atoms with E-state index in [1.807, 2.05) is 18.3 Å². The van der Waals surface area contributed by atoms with Gasteiger partial charge in [0, 0.05) is 30.5 Å². The highest BCUT2D eigenvalue weighted by molar-refractivity contribution is 5.92. The van der Waals surface area contributed by atoms with E-state index in [4.69, 9.17) is 19.7 Å². The molecule has 7 nitrogen and oxygen atoms in total. The van der Waals surface area contributed by atoms with Crippen molar-refractivity contribution in [3.05, 3.63) is 30.2 Å². The molecule has 3 heterocycles. The molecule has 0 bridgehead atoms. The molecule has 1 aliphatic heterocycles. The number of hydrogen-bond acceptors (Lipinski definition) is 6. The minimum atomic E-state index is 0.670. The number of nitrogens with one attached hydrogen (secondary N) is 1. The third kappa shape index (κ3) is 3.96. The Labute approximate surface area is 170 Å². The van der Waals surface area contributed by atoms with Gasteiger partial charge in [-0.25, -0.2) is 4.98 Å². The van der Waals surface area contributed by atoms with Crippen LogP contribution in [0.1, 0.15) is 38.4 Å². The van der Waals surface area contributed by atoms with Crippen LogP contribution in [0, 0.1) is 11.8 Å². The maximum atomic E-state index is 5.52. The first-order valence-electron chi connectivity index (χ1n) is 10.8. The second-order valence-electron chi connectivity index (χ2n) is 8.44. The van der Waals surface area contributed by atoms with Gasteiger partial charge in [-0.2, -0.15) is 15.1 Å². The molecule has 1 aliphatic carbocycles. The van der Waals surface area contributed by atoms with Gasteiger partial charge < -0.3 is 9.64 Å². The van der Waals surface area contributed by atoms with E-state index in [9.17, 15) is 0 Å². The van der Waals surface area contributed by atoms with Crippen LogP contribution in [-0.2, 0) is 11.2 Å². The summed E-state index contributed by atoms with van der Waals surface area (Å²) < 4.78 is 5.52. The smallest absolute Gasteiger partial charge is 0.229 e. The first-order chi connectivity index (χ1) is 14.3. The van der Waals surface area contributed by atoms with Crippen molar-refractivity contribution in [2.24, 2.45) is 11.8 Å². The summed E-state index contributed by atoms with van der Waals surface area (Å²) >= 11 is 0. The van der Waals surface area contributed by atoms with Crippen LogP contribution >= 0.6 is 0 Å². The van der Waals surface area contributed by atoms with E-state index in [0.29, 0.717) is 19.1 Å². The summed E-state index contributed by atoms with van der Waals surface area (Å²) in [7, 11) is 0. The number of H-pyrrole nitrogens is 1. The third-order valence-corrected chi connectivity index (χ3v) is 6.30. The van der Waals surface area contributed by atoms with Crippen molar-refractivity contribution in [3.8, 4) is 11.4 Å². The van der Waals surface area contributed by atoms with Crippen LogP contribution in [0.2, 0.25) is 0 Å². The van der Waals surface area contributed by atoms with Gasteiger partial charge in [-0.3, -0.25) is 5.10 Å². The fraction of sp³-hybridized carbons (Fsp3) is 0.545. The van der Waals surface area contributed by atoms with Crippen LogP contribution in [0.25, 0.3) is 22.3 Å². The normalized spacial score (nSPS) is 22.9. The van der Waals surface area contributed by atoms with Crippen molar-refractivity contribution >= 4 is 16.9 Å². The second kappa shape index (κ2) is 8.06. The van der Waals surface area contributed by atoms with Crippen molar-refractivity contribution in [2.75, 3.05) is 31.2 Å². The average Bonchev–Trinajstić information content (AvgIpc) is 3.25. The highest BCUT2D eigenvalue weighted by atomic mass is 16.5. The van der Waals surface area contributed by atoms with E-state index < -0.39 is 0 Å². The molecule has 3 aromatic rings. The molecule has 1 saturated heterocycles. The highest BCUT2D eigenvalue weighted by Gasteiger charge is 2.22. The number of anilines is 1. The van der Waals surface area contributed by atoms with Gasteiger partial charge in [0.1, 0.15) is 5.82 Å². The van der Waals surface area contributed by atoms with Crippen LogP contribution in [0.5, 0.6) is 0 Å². The molecule has 29 heavy (non-hydrogen) atoms. The molecule has 1 saturated carbocycles. The molecule has 7 heteroatoms. The quantitative estimate of drug-likeness (QED) is 0.730. The number of morpholine rings is 1. The van der Waals surface area contributed by atoms with E-state index in [1.165, 1.54) is 25.7 Å². The van der Waals surface area contributed by atoms with E-state index in [-0.39, 0.29) is 0 Å². The summed E-state index contributed by atoms with van der Waals surface area (Å²) in [6.45, 7) is 5.43. The summed E-state index contributed by atoms with van der Waals surface area (Å²) in [5.41, 5.74) is 2.00. The van der Waals surface area contributed by atoms with Crippen LogP contribution < -0.4 is 4.90 Å². The number of aromatic amines is 1. The van der Waals surface area contributed by atoms with Crippen LogP contribution in [0.4, 0.5) is 5.95 Å². The molecular weight excluding hydrogens is 364 g/mol. The number of aromatic nitrogens is 5. The van der Waals surface area contributed by atoms with Crippen LogP contribution in [-0.4, -0.2) is 51.5 Å². The minimum Gasteiger partial charge on any atom is -0.378 e. The molecule has 0 spiro atoms. The maximum absolute atomic E-state index is 5.52. The van der Waals surface area contributed by atoms with E-state index in [1.54, 1.807) is 0 Å². The van der Waals surface area contributed by atoms with Crippen molar-refractivity contribution in [2.45, 2.75) is 39.0 Å². The molecule has 0 unspecified atom stereocenters.